The van der Waals surface area contributed by atoms with Crippen LogP contribution in [0.4, 0.5) is 11.6 Å². The van der Waals surface area contributed by atoms with Crippen LogP contribution in [-0.2, 0) is 0 Å². The highest BCUT2D eigenvalue weighted by atomic mass is 32.2. The van der Waals surface area contributed by atoms with Crippen molar-refractivity contribution in [1.82, 2.24) is 19.5 Å². The van der Waals surface area contributed by atoms with E-state index in [1.807, 2.05) is 36.4 Å². The number of hydrogen-bond donors (Lipinski definition) is 4. The molecule has 4 heterocycles. The zero-order valence-electron chi connectivity index (χ0n) is 18.2. The SMILES string of the molecule is Bc1cc2ccc(C3CC4(CS3)CC(n3ccc5c(N)ncnc53)C(O)C4O)cc2nc1N. The van der Waals surface area contributed by atoms with E-state index in [1.165, 1.54) is 11.9 Å². The predicted octanol–water partition coefficient (Wildman–Crippen LogP) is 0.933. The molecule has 4 aromatic rings. The van der Waals surface area contributed by atoms with Crippen LogP contribution in [-0.4, -0.2) is 55.5 Å². The number of thioether (sulfide) groups is 1. The summed E-state index contributed by atoms with van der Waals surface area (Å²) in [5.74, 6) is 1.75. The molecule has 5 unspecified atom stereocenters. The van der Waals surface area contributed by atoms with Gasteiger partial charge in [0.1, 0.15) is 37.6 Å². The normalized spacial score (nSPS) is 29.5. The van der Waals surface area contributed by atoms with Crippen LogP contribution in [0.1, 0.15) is 29.7 Å². The minimum absolute atomic E-state index is 0.221. The molecule has 5 atom stereocenters. The number of anilines is 2. The Morgan fingerprint density at radius 2 is 1.94 bits per heavy atom. The van der Waals surface area contributed by atoms with Crippen molar-refractivity contribution in [2.24, 2.45) is 5.41 Å². The van der Waals surface area contributed by atoms with Gasteiger partial charge >= 0.3 is 0 Å². The van der Waals surface area contributed by atoms with E-state index < -0.39 is 12.2 Å². The number of benzene rings is 1. The third kappa shape index (κ3) is 3.12. The van der Waals surface area contributed by atoms with Crippen LogP contribution in [0.25, 0.3) is 21.9 Å². The largest absolute Gasteiger partial charge is 0.390 e. The minimum atomic E-state index is -0.878. The molecule has 6 rings (SSSR count). The average molecular weight is 460 g/mol. The second-order valence-corrected chi connectivity index (χ2v) is 10.6. The molecule has 2 fully saturated rings. The van der Waals surface area contributed by atoms with E-state index in [-0.39, 0.29) is 16.7 Å². The van der Waals surface area contributed by atoms with Crippen molar-refractivity contribution in [2.45, 2.75) is 36.3 Å². The minimum Gasteiger partial charge on any atom is -0.390 e. The molecule has 0 amide bonds. The Bertz CT molecular complexity index is 1400. The topological polar surface area (TPSA) is 136 Å². The van der Waals surface area contributed by atoms with Gasteiger partial charge in [-0.1, -0.05) is 18.2 Å². The molecule has 1 saturated heterocycles. The summed E-state index contributed by atoms with van der Waals surface area (Å²) in [5.41, 5.74) is 15.4. The number of aliphatic hydroxyl groups excluding tert-OH is 2. The highest BCUT2D eigenvalue weighted by Crippen LogP contribution is 2.59. The summed E-state index contributed by atoms with van der Waals surface area (Å²) in [7, 11) is 1.96. The van der Waals surface area contributed by atoms with Crippen LogP contribution in [0.2, 0.25) is 0 Å². The summed E-state index contributed by atoms with van der Waals surface area (Å²) in [6.07, 6.45) is 3.09. The predicted molar refractivity (Wildman–Crippen MR) is 134 cm³/mol. The van der Waals surface area contributed by atoms with E-state index in [1.54, 1.807) is 0 Å². The fourth-order valence-corrected chi connectivity index (χ4v) is 7.30. The van der Waals surface area contributed by atoms with Gasteiger partial charge in [0.15, 0.2) is 0 Å². The summed E-state index contributed by atoms with van der Waals surface area (Å²) < 4.78 is 1.94. The van der Waals surface area contributed by atoms with Crippen LogP contribution in [0.5, 0.6) is 0 Å². The van der Waals surface area contributed by atoms with Crippen LogP contribution >= 0.6 is 11.8 Å². The first kappa shape index (κ1) is 20.8. The molecule has 6 N–H and O–H groups in total. The monoisotopic (exact) mass is 460 g/mol. The first-order chi connectivity index (χ1) is 15.9. The summed E-state index contributed by atoms with van der Waals surface area (Å²) in [5, 5.41) is 24.3. The first-order valence-electron chi connectivity index (χ1n) is 11.1. The Labute approximate surface area is 195 Å². The smallest absolute Gasteiger partial charge is 0.145 e. The maximum atomic E-state index is 11.2. The van der Waals surface area contributed by atoms with Gasteiger partial charge in [0.25, 0.3) is 0 Å². The fourth-order valence-electron chi connectivity index (χ4n) is 5.57. The molecular formula is C23H25BN6O2S. The Hall–Kier alpha value is -2.82. The van der Waals surface area contributed by atoms with E-state index >= 15 is 0 Å². The number of nitrogen functional groups attached to an aromatic ring is 2. The van der Waals surface area contributed by atoms with Crippen LogP contribution in [0.15, 0.2) is 42.9 Å². The number of aromatic nitrogens is 4. The second-order valence-electron chi connectivity index (χ2n) is 9.43. The van der Waals surface area contributed by atoms with Crippen molar-refractivity contribution >= 4 is 58.6 Å². The molecule has 1 aliphatic heterocycles. The van der Waals surface area contributed by atoms with Crippen LogP contribution < -0.4 is 16.9 Å². The molecule has 168 valence electrons. The van der Waals surface area contributed by atoms with Crippen molar-refractivity contribution in [2.75, 3.05) is 17.2 Å². The van der Waals surface area contributed by atoms with Gasteiger partial charge in [-0.15, -0.1) is 0 Å². The van der Waals surface area contributed by atoms with Crippen molar-refractivity contribution in [3.63, 3.8) is 0 Å². The Morgan fingerprint density at radius 1 is 1.09 bits per heavy atom. The summed E-state index contributed by atoms with van der Waals surface area (Å²) in [6, 6.07) is 10.0. The third-order valence-corrected chi connectivity index (χ3v) is 9.05. The Balaban J connectivity index is 1.30. The van der Waals surface area contributed by atoms with Crippen LogP contribution in [0, 0.1) is 5.41 Å². The van der Waals surface area contributed by atoms with E-state index in [2.05, 4.69) is 39.2 Å². The number of fused-ring (bicyclic) bond motifs is 2. The quantitative estimate of drug-likeness (QED) is 0.325. The lowest BCUT2D eigenvalue weighted by Gasteiger charge is -2.27. The molecule has 10 heteroatoms. The molecule has 1 saturated carbocycles. The fraction of sp³-hybridized carbons (Fsp3) is 0.348. The van der Waals surface area contributed by atoms with Gasteiger partial charge in [0.05, 0.1) is 23.0 Å². The zero-order valence-corrected chi connectivity index (χ0v) is 19.0. The zero-order chi connectivity index (χ0) is 22.9. The van der Waals surface area contributed by atoms with Crippen LogP contribution in [0.3, 0.4) is 0 Å². The summed E-state index contributed by atoms with van der Waals surface area (Å²) in [4.78, 5) is 13.0. The van der Waals surface area contributed by atoms with E-state index in [0.29, 0.717) is 23.7 Å². The van der Waals surface area contributed by atoms with Crippen molar-refractivity contribution < 1.29 is 10.2 Å². The lowest BCUT2D eigenvalue weighted by atomic mass is 9.80. The first-order valence-corrected chi connectivity index (χ1v) is 12.1. The number of nitrogens with zero attached hydrogens (tertiary/aromatic N) is 4. The molecule has 1 aromatic carbocycles. The molecule has 2 aliphatic rings. The third-order valence-electron chi connectivity index (χ3n) is 7.47. The lowest BCUT2D eigenvalue weighted by molar-refractivity contribution is -0.0204. The highest BCUT2D eigenvalue weighted by Gasteiger charge is 2.56. The van der Waals surface area contributed by atoms with Gasteiger partial charge in [-0.25, -0.2) is 15.0 Å². The number of nitrogens with two attached hydrogens (primary N) is 2. The van der Waals surface area contributed by atoms with Gasteiger partial charge in [0, 0.05) is 22.6 Å². The van der Waals surface area contributed by atoms with Gasteiger partial charge in [-0.2, -0.15) is 11.8 Å². The summed E-state index contributed by atoms with van der Waals surface area (Å²) >= 11 is 1.83. The van der Waals surface area contributed by atoms with E-state index in [0.717, 1.165) is 33.9 Å². The maximum Gasteiger partial charge on any atom is 0.145 e. The number of aliphatic hydroxyl groups is 2. The molecule has 1 spiro atoms. The molecule has 0 radical (unpaired) electrons. The number of hydrogen-bond acceptors (Lipinski definition) is 8. The molecule has 0 bridgehead atoms. The standard InChI is InChI=1S/C23H25BN6O2S/c24-14-5-11-1-2-12(6-15(11)29-21(14)26)17-8-23(9-33-17)7-16(18(31)19(23)32)30-4-3-13-20(25)27-10-28-22(13)30/h1-6,10,16-19,31-32H,7-9,24H2,(H2,26,29)(H2,25,27,28). The second kappa shape index (κ2) is 7.34. The lowest BCUT2D eigenvalue weighted by Crippen LogP contribution is -2.36. The summed E-state index contributed by atoms with van der Waals surface area (Å²) in [6.45, 7) is 0. The van der Waals surface area contributed by atoms with Gasteiger partial charge in [0.2, 0.25) is 0 Å². The Kier molecular flexibility index (Phi) is 4.62. The van der Waals surface area contributed by atoms with Crippen molar-refractivity contribution in [1.29, 1.82) is 0 Å². The maximum absolute atomic E-state index is 11.2. The van der Waals surface area contributed by atoms with Gasteiger partial charge in [-0.05, 0) is 41.4 Å². The number of pyridine rings is 1. The molecule has 33 heavy (non-hydrogen) atoms. The van der Waals surface area contributed by atoms with Crippen molar-refractivity contribution in [3.05, 3.63) is 48.4 Å². The average Bonchev–Trinajstić information content (AvgIpc) is 3.48. The highest BCUT2D eigenvalue weighted by molar-refractivity contribution is 7.99. The van der Waals surface area contributed by atoms with E-state index in [9.17, 15) is 10.2 Å². The molecule has 8 nitrogen and oxygen atoms in total. The molecule has 1 aliphatic carbocycles. The van der Waals surface area contributed by atoms with Gasteiger partial charge in [-0.3, -0.25) is 0 Å². The molecule has 3 aromatic heterocycles. The van der Waals surface area contributed by atoms with E-state index in [4.69, 9.17) is 11.5 Å². The Morgan fingerprint density at radius 3 is 2.79 bits per heavy atom. The van der Waals surface area contributed by atoms with Crippen molar-refractivity contribution in [3.8, 4) is 0 Å². The van der Waals surface area contributed by atoms with Gasteiger partial charge < -0.3 is 26.2 Å². The number of rotatable bonds is 2. The molecular weight excluding hydrogens is 435 g/mol.